The zero-order valence-corrected chi connectivity index (χ0v) is 20.7. The number of carbonyl (C=O) groups is 2. The third-order valence-corrected chi connectivity index (χ3v) is 6.90. The second-order valence-corrected chi connectivity index (χ2v) is 10.3. The van der Waals surface area contributed by atoms with Crippen LogP contribution in [0.5, 0.6) is 0 Å². The Kier molecular flexibility index (Phi) is 9.43. The fraction of sp³-hybridized carbons (Fsp3) is 0.417. The fourth-order valence-electron chi connectivity index (χ4n) is 3.39. The van der Waals surface area contributed by atoms with Crippen molar-refractivity contribution < 1.29 is 18.0 Å². The number of benzene rings is 2. The van der Waals surface area contributed by atoms with Gasteiger partial charge in [-0.2, -0.15) is 12.7 Å². The predicted molar refractivity (Wildman–Crippen MR) is 131 cm³/mol. The molecule has 180 valence electrons. The number of amides is 2. The Morgan fingerprint density at radius 1 is 0.939 bits per heavy atom. The molecule has 33 heavy (non-hydrogen) atoms. The van der Waals surface area contributed by atoms with Crippen LogP contribution in [0.15, 0.2) is 60.7 Å². The summed E-state index contributed by atoms with van der Waals surface area (Å²) in [6, 6.07) is 17.0. The highest BCUT2D eigenvalue weighted by Crippen LogP contribution is 2.21. The van der Waals surface area contributed by atoms with Crippen molar-refractivity contribution >= 4 is 27.7 Å². The van der Waals surface area contributed by atoms with Crippen LogP contribution in [-0.4, -0.2) is 62.2 Å². The van der Waals surface area contributed by atoms with Gasteiger partial charge in [-0.3, -0.25) is 9.59 Å². The molecule has 8 nitrogen and oxygen atoms in total. The Bertz CT molecular complexity index is 1010. The average molecular weight is 475 g/mol. The van der Waals surface area contributed by atoms with E-state index in [1.165, 1.54) is 19.0 Å². The molecule has 0 fully saturated rings. The number of carbonyl (C=O) groups excluding carboxylic acids is 2. The standard InChI is InChI=1S/C24H34N4O4S/c1-6-22(24(30)25-19(2)3)27(17-20-13-9-7-10-14-20)23(29)18-28(33(31,32)26(4)5)21-15-11-8-12-16-21/h7-16,19,22H,6,17-18H2,1-5H3,(H,25,30). The van der Waals surface area contributed by atoms with E-state index in [9.17, 15) is 18.0 Å². The predicted octanol–water partition coefficient (Wildman–Crippen LogP) is 2.63. The molecule has 2 aromatic rings. The molecule has 0 aliphatic heterocycles. The van der Waals surface area contributed by atoms with E-state index < -0.39 is 28.7 Å². The molecule has 9 heteroatoms. The Labute approximate surface area is 197 Å². The van der Waals surface area contributed by atoms with Crippen LogP contribution in [-0.2, 0) is 26.3 Å². The van der Waals surface area contributed by atoms with Crippen LogP contribution in [0.3, 0.4) is 0 Å². The minimum atomic E-state index is -3.95. The topological polar surface area (TPSA) is 90.0 Å². The van der Waals surface area contributed by atoms with Gasteiger partial charge in [0.1, 0.15) is 12.6 Å². The van der Waals surface area contributed by atoms with E-state index in [4.69, 9.17) is 0 Å². The van der Waals surface area contributed by atoms with Crippen molar-refractivity contribution in [3.8, 4) is 0 Å². The third kappa shape index (κ3) is 7.03. The summed E-state index contributed by atoms with van der Waals surface area (Å²) in [5.41, 5.74) is 1.22. The van der Waals surface area contributed by atoms with Gasteiger partial charge in [-0.15, -0.1) is 0 Å². The van der Waals surface area contributed by atoms with E-state index in [1.54, 1.807) is 30.3 Å². The zero-order chi connectivity index (χ0) is 24.6. The lowest BCUT2D eigenvalue weighted by molar-refractivity contribution is -0.140. The first-order valence-electron chi connectivity index (χ1n) is 11.0. The normalized spacial score (nSPS) is 12.5. The van der Waals surface area contributed by atoms with E-state index >= 15 is 0 Å². The average Bonchev–Trinajstić information content (AvgIpc) is 2.77. The summed E-state index contributed by atoms with van der Waals surface area (Å²) in [6.07, 6.45) is 0.392. The molecule has 2 rings (SSSR count). The molecule has 2 aromatic carbocycles. The molecule has 1 unspecified atom stereocenters. The monoisotopic (exact) mass is 474 g/mol. The van der Waals surface area contributed by atoms with Gasteiger partial charge in [0, 0.05) is 26.7 Å². The van der Waals surface area contributed by atoms with Gasteiger partial charge in [0.25, 0.3) is 0 Å². The summed E-state index contributed by atoms with van der Waals surface area (Å²) in [4.78, 5) is 28.0. The molecular formula is C24H34N4O4S. The van der Waals surface area contributed by atoms with Crippen molar-refractivity contribution in [3.63, 3.8) is 0 Å². The van der Waals surface area contributed by atoms with Gasteiger partial charge in [0.15, 0.2) is 0 Å². The van der Waals surface area contributed by atoms with E-state index in [-0.39, 0.29) is 18.5 Å². The zero-order valence-electron chi connectivity index (χ0n) is 19.9. The summed E-state index contributed by atoms with van der Waals surface area (Å²) < 4.78 is 28.3. The van der Waals surface area contributed by atoms with Gasteiger partial charge >= 0.3 is 10.2 Å². The van der Waals surface area contributed by atoms with Crippen molar-refractivity contribution in [1.29, 1.82) is 0 Å². The van der Waals surface area contributed by atoms with Gasteiger partial charge in [-0.1, -0.05) is 55.5 Å². The molecule has 0 saturated carbocycles. The van der Waals surface area contributed by atoms with Crippen molar-refractivity contribution in [3.05, 3.63) is 66.2 Å². The molecule has 0 bridgehead atoms. The maximum atomic E-state index is 13.6. The van der Waals surface area contributed by atoms with Gasteiger partial charge in [0.05, 0.1) is 5.69 Å². The molecule has 0 radical (unpaired) electrons. The number of nitrogens with one attached hydrogen (secondary N) is 1. The van der Waals surface area contributed by atoms with Crippen molar-refractivity contribution in [2.45, 2.75) is 45.8 Å². The molecule has 0 aliphatic rings. The molecule has 1 atom stereocenters. The number of nitrogens with zero attached hydrogens (tertiary/aromatic N) is 3. The van der Waals surface area contributed by atoms with Crippen molar-refractivity contribution in [2.75, 3.05) is 24.9 Å². The molecule has 0 heterocycles. The minimum absolute atomic E-state index is 0.0878. The summed E-state index contributed by atoms with van der Waals surface area (Å²) in [7, 11) is -1.11. The lowest BCUT2D eigenvalue weighted by atomic mass is 10.1. The molecule has 1 N–H and O–H groups in total. The smallest absolute Gasteiger partial charge is 0.304 e. The second-order valence-electron chi connectivity index (χ2n) is 8.23. The van der Waals surface area contributed by atoms with Gasteiger partial charge in [0.2, 0.25) is 11.8 Å². The number of hydrogen-bond donors (Lipinski definition) is 1. The van der Waals surface area contributed by atoms with Crippen LogP contribution in [0.1, 0.15) is 32.8 Å². The first-order chi connectivity index (χ1) is 15.6. The van der Waals surface area contributed by atoms with Crippen molar-refractivity contribution in [2.24, 2.45) is 0 Å². The van der Waals surface area contributed by atoms with E-state index in [0.717, 1.165) is 14.2 Å². The highest BCUT2D eigenvalue weighted by Gasteiger charge is 2.33. The molecule has 0 aromatic heterocycles. The SMILES string of the molecule is CCC(C(=O)NC(C)C)N(Cc1ccccc1)C(=O)CN(c1ccccc1)S(=O)(=O)N(C)C. The lowest BCUT2D eigenvalue weighted by Crippen LogP contribution is -2.54. The molecular weight excluding hydrogens is 440 g/mol. The van der Waals surface area contributed by atoms with Gasteiger partial charge in [-0.05, 0) is 38.0 Å². The van der Waals surface area contributed by atoms with Gasteiger partial charge in [-0.25, -0.2) is 4.31 Å². The van der Waals surface area contributed by atoms with Crippen LogP contribution in [0.4, 0.5) is 5.69 Å². The summed E-state index contributed by atoms with van der Waals surface area (Å²) in [5, 5.41) is 2.88. The second kappa shape index (κ2) is 11.8. The summed E-state index contributed by atoms with van der Waals surface area (Å²) in [6.45, 7) is 5.31. The molecule has 0 saturated heterocycles. The number of rotatable bonds is 11. The van der Waals surface area contributed by atoms with Crippen LogP contribution >= 0.6 is 0 Å². The van der Waals surface area contributed by atoms with Gasteiger partial charge < -0.3 is 10.2 Å². The van der Waals surface area contributed by atoms with E-state index in [0.29, 0.717) is 12.1 Å². The Hall–Kier alpha value is -2.91. The largest absolute Gasteiger partial charge is 0.352 e. The molecule has 2 amide bonds. The first kappa shape index (κ1) is 26.3. The lowest BCUT2D eigenvalue weighted by Gasteiger charge is -2.34. The van der Waals surface area contributed by atoms with Crippen molar-refractivity contribution in [1.82, 2.24) is 14.5 Å². The maximum absolute atomic E-state index is 13.6. The molecule has 0 aliphatic carbocycles. The Morgan fingerprint density at radius 3 is 1.97 bits per heavy atom. The fourth-order valence-corrected chi connectivity index (χ4v) is 4.45. The van der Waals surface area contributed by atoms with Crippen LogP contribution < -0.4 is 9.62 Å². The highest BCUT2D eigenvalue weighted by molar-refractivity contribution is 7.90. The first-order valence-corrected chi connectivity index (χ1v) is 12.4. The van der Waals surface area contributed by atoms with E-state index in [1.807, 2.05) is 51.1 Å². The quantitative estimate of drug-likeness (QED) is 0.542. The van der Waals surface area contributed by atoms with Crippen LogP contribution in [0.25, 0.3) is 0 Å². The van der Waals surface area contributed by atoms with Crippen LogP contribution in [0.2, 0.25) is 0 Å². The Morgan fingerprint density at radius 2 is 1.48 bits per heavy atom. The number of hydrogen-bond acceptors (Lipinski definition) is 4. The number of para-hydroxylation sites is 1. The highest BCUT2D eigenvalue weighted by atomic mass is 32.2. The maximum Gasteiger partial charge on any atom is 0.304 e. The third-order valence-electron chi connectivity index (χ3n) is 5.08. The Balaban J connectivity index is 2.45. The summed E-state index contributed by atoms with van der Waals surface area (Å²) in [5.74, 6) is -0.725. The van der Waals surface area contributed by atoms with Crippen LogP contribution in [0, 0.1) is 0 Å². The van der Waals surface area contributed by atoms with E-state index in [2.05, 4.69) is 5.32 Å². The summed E-state index contributed by atoms with van der Waals surface area (Å²) >= 11 is 0. The molecule has 0 spiro atoms. The minimum Gasteiger partial charge on any atom is -0.352 e. The number of anilines is 1.